The van der Waals surface area contributed by atoms with E-state index in [2.05, 4.69) is 0 Å². The molecule has 0 spiro atoms. The number of carboxylic acids is 1. The number of aliphatic carboxylic acids is 1. The number of methoxy groups -OCH3 is 1. The van der Waals surface area contributed by atoms with Crippen molar-refractivity contribution in [3.05, 3.63) is 33.4 Å². The van der Waals surface area contributed by atoms with Gasteiger partial charge in [-0.1, -0.05) is 0 Å². The maximum atomic E-state index is 10.8. The predicted octanol–water partition coefficient (Wildman–Crippen LogP) is 0.534. The first-order chi connectivity index (χ1) is 8.42. The van der Waals surface area contributed by atoms with Gasteiger partial charge in [0, 0.05) is 6.07 Å². The van der Waals surface area contributed by atoms with Crippen molar-refractivity contribution in [1.82, 2.24) is 0 Å². The number of ether oxygens (including phenoxy) is 1. The van der Waals surface area contributed by atoms with E-state index in [1.165, 1.54) is 7.11 Å². The van der Waals surface area contributed by atoms with Gasteiger partial charge in [-0.15, -0.1) is 0 Å². The summed E-state index contributed by atoms with van der Waals surface area (Å²) in [4.78, 5) is 31.2. The van der Waals surface area contributed by atoms with Gasteiger partial charge in [-0.3, -0.25) is 14.9 Å². The normalized spacial score (nSPS) is 11.7. The molecular weight excluding hydrogens is 246 g/mol. The molecule has 2 N–H and O–H groups in total. The lowest BCUT2D eigenvalue weighted by molar-refractivity contribution is -0.386. The molecule has 0 heterocycles. The minimum absolute atomic E-state index is 0.0501. The third-order valence-electron chi connectivity index (χ3n) is 2.23. The van der Waals surface area contributed by atoms with Crippen molar-refractivity contribution in [2.75, 3.05) is 7.11 Å². The van der Waals surface area contributed by atoms with Crippen LogP contribution in [0.4, 0.5) is 5.69 Å². The summed E-state index contributed by atoms with van der Waals surface area (Å²) in [5.74, 6) is -1.69. The third-order valence-corrected chi connectivity index (χ3v) is 2.23. The number of nitro groups is 1. The van der Waals surface area contributed by atoms with Crippen molar-refractivity contribution in [1.29, 1.82) is 0 Å². The zero-order valence-corrected chi connectivity index (χ0v) is 9.19. The summed E-state index contributed by atoms with van der Waals surface area (Å²) in [5.41, 5.74) is -1.21. The fourth-order valence-electron chi connectivity index (χ4n) is 1.38. The van der Waals surface area contributed by atoms with Gasteiger partial charge in [-0.25, -0.2) is 4.79 Å². The van der Waals surface area contributed by atoms with Gasteiger partial charge in [0.1, 0.15) is 5.75 Å². The van der Waals surface area contributed by atoms with E-state index in [1.54, 1.807) is 0 Å². The summed E-state index contributed by atoms with van der Waals surface area (Å²) in [6.45, 7) is 0. The van der Waals surface area contributed by atoms with Crippen LogP contribution in [-0.2, 0) is 4.79 Å². The van der Waals surface area contributed by atoms with Crippen LogP contribution in [0.5, 0.6) is 5.75 Å². The quantitative estimate of drug-likeness (QED) is 0.446. The Labute approximate surface area is 101 Å². The number of rotatable bonds is 5. The number of carboxylic acid groups (broad SMARTS) is 1. The first-order valence-corrected chi connectivity index (χ1v) is 4.64. The summed E-state index contributed by atoms with van der Waals surface area (Å²) in [5, 5.41) is 28.8. The molecule has 0 fully saturated rings. The Kier molecular flexibility index (Phi) is 3.95. The zero-order valence-electron chi connectivity index (χ0n) is 9.19. The second kappa shape index (κ2) is 5.23. The molecule has 1 unspecified atom stereocenters. The van der Waals surface area contributed by atoms with E-state index >= 15 is 0 Å². The number of aliphatic hydroxyl groups excluding tert-OH is 1. The Morgan fingerprint density at radius 2 is 2.17 bits per heavy atom. The highest BCUT2D eigenvalue weighted by Crippen LogP contribution is 2.32. The van der Waals surface area contributed by atoms with E-state index in [9.17, 15) is 24.8 Å². The molecule has 0 aliphatic rings. The summed E-state index contributed by atoms with van der Waals surface area (Å²) >= 11 is 0. The minimum Gasteiger partial charge on any atom is -0.496 e. The third kappa shape index (κ3) is 2.43. The maximum Gasteiger partial charge on any atom is 0.337 e. The molecule has 0 amide bonds. The van der Waals surface area contributed by atoms with Gasteiger partial charge >= 0.3 is 5.97 Å². The molecule has 8 nitrogen and oxygen atoms in total. The first kappa shape index (κ1) is 13.6. The molecule has 1 rings (SSSR count). The number of nitrogens with zero attached hydrogens (tertiary/aromatic N) is 1. The van der Waals surface area contributed by atoms with E-state index in [0.29, 0.717) is 6.29 Å². The number of nitro benzene ring substituents is 1. The molecule has 1 atom stereocenters. The highest BCUT2D eigenvalue weighted by atomic mass is 16.6. The monoisotopic (exact) mass is 255 g/mol. The Hall–Kier alpha value is -2.48. The molecule has 0 radical (unpaired) electrons. The SMILES string of the molecule is COc1cc(C(O)C(=O)O)c([N+](=O)[O-])cc1C=O. The molecule has 0 aliphatic heterocycles. The highest BCUT2D eigenvalue weighted by molar-refractivity contribution is 5.83. The van der Waals surface area contributed by atoms with Crippen LogP contribution in [0, 0.1) is 10.1 Å². The molecule has 0 saturated carbocycles. The lowest BCUT2D eigenvalue weighted by atomic mass is 10.0. The van der Waals surface area contributed by atoms with Crippen LogP contribution < -0.4 is 4.74 Å². The van der Waals surface area contributed by atoms with Crippen LogP contribution in [0.3, 0.4) is 0 Å². The number of carbonyl (C=O) groups excluding carboxylic acids is 1. The number of carbonyl (C=O) groups is 2. The number of hydrogen-bond donors (Lipinski definition) is 2. The molecule has 18 heavy (non-hydrogen) atoms. The molecule has 0 aliphatic carbocycles. The van der Waals surface area contributed by atoms with Gasteiger partial charge < -0.3 is 14.9 Å². The van der Waals surface area contributed by atoms with E-state index in [0.717, 1.165) is 12.1 Å². The van der Waals surface area contributed by atoms with Gasteiger partial charge in [0.2, 0.25) is 0 Å². The van der Waals surface area contributed by atoms with E-state index in [4.69, 9.17) is 9.84 Å². The summed E-state index contributed by atoms with van der Waals surface area (Å²) in [7, 11) is 1.21. The molecule has 0 bridgehead atoms. The Morgan fingerprint density at radius 3 is 2.56 bits per heavy atom. The van der Waals surface area contributed by atoms with E-state index in [1.807, 2.05) is 0 Å². The maximum absolute atomic E-state index is 10.8. The fourth-order valence-corrected chi connectivity index (χ4v) is 1.38. The van der Waals surface area contributed by atoms with E-state index in [-0.39, 0.29) is 11.3 Å². The lowest BCUT2D eigenvalue weighted by Gasteiger charge is -2.10. The largest absolute Gasteiger partial charge is 0.496 e. The second-order valence-electron chi connectivity index (χ2n) is 3.27. The highest BCUT2D eigenvalue weighted by Gasteiger charge is 2.28. The second-order valence-corrected chi connectivity index (χ2v) is 3.27. The van der Waals surface area contributed by atoms with Crippen molar-refractivity contribution in [2.24, 2.45) is 0 Å². The lowest BCUT2D eigenvalue weighted by Crippen LogP contribution is -2.13. The molecule has 1 aromatic carbocycles. The smallest absolute Gasteiger partial charge is 0.337 e. The van der Waals surface area contributed by atoms with Crippen molar-refractivity contribution in [2.45, 2.75) is 6.10 Å². The topological polar surface area (TPSA) is 127 Å². The fraction of sp³-hybridized carbons (Fsp3) is 0.200. The van der Waals surface area contributed by atoms with Crippen LogP contribution in [0.15, 0.2) is 12.1 Å². The van der Waals surface area contributed by atoms with Crippen molar-refractivity contribution in [3.8, 4) is 5.75 Å². The first-order valence-electron chi connectivity index (χ1n) is 4.64. The van der Waals surface area contributed by atoms with Crippen LogP contribution in [0.2, 0.25) is 0 Å². The van der Waals surface area contributed by atoms with Crippen LogP contribution in [0.1, 0.15) is 22.0 Å². The molecule has 1 aromatic rings. The standard InChI is InChI=1S/C10H9NO7/c1-18-8-3-6(9(13)10(14)15)7(11(16)17)2-5(8)4-12/h2-4,9,13H,1H3,(H,14,15). The van der Waals surface area contributed by atoms with Crippen LogP contribution >= 0.6 is 0 Å². The number of hydrogen-bond acceptors (Lipinski definition) is 6. The van der Waals surface area contributed by atoms with Crippen molar-refractivity contribution >= 4 is 17.9 Å². The minimum atomic E-state index is -2.07. The Balaban J connectivity index is 3.52. The molecule has 8 heteroatoms. The Morgan fingerprint density at radius 1 is 1.56 bits per heavy atom. The molecular formula is C10H9NO7. The van der Waals surface area contributed by atoms with Gasteiger partial charge in [0.15, 0.2) is 12.4 Å². The molecule has 0 aromatic heterocycles. The predicted molar refractivity (Wildman–Crippen MR) is 57.6 cm³/mol. The summed E-state index contributed by atoms with van der Waals surface area (Å²) in [6.07, 6.45) is -1.73. The van der Waals surface area contributed by atoms with Crippen molar-refractivity contribution < 1.29 is 29.5 Å². The summed E-state index contributed by atoms with van der Waals surface area (Å²) in [6, 6.07) is 1.81. The van der Waals surface area contributed by atoms with Gasteiger partial charge in [-0.2, -0.15) is 0 Å². The Bertz CT molecular complexity index is 511. The van der Waals surface area contributed by atoms with Crippen LogP contribution in [0.25, 0.3) is 0 Å². The summed E-state index contributed by atoms with van der Waals surface area (Å²) < 4.78 is 4.78. The number of aldehydes is 1. The molecule has 96 valence electrons. The van der Waals surface area contributed by atoms with Gasteiger partial charge in [0.25, 0.3) is 5.69 Å². The zero-order chi connectivity index (χ0) is 13.9. The van der Waals surface area contributed by atoms with Crippen LogP contribution in [-0.4, -0.2) is 34.5 Å². The van der Waals surface area contributed by atoms with E-state index < -0.39 is 28.2 Å². The average molecular weight is 255 g/mol. The van der Waals surface area contributed by atoms with Crippen molar-refractivity contribution in [3.63, 3.8) is 0 Å². The molecule has 0 saturated heterocycles. The van der Waals surface area contributed by atoms with Gasteiger partial charge in [0.05, 0.1) is 23.2 Å². The number of aliphatic hydroxyl groups is 1. The van der Waals surface area contributed by atoms with Gasteiger partial charge in [-0.05, 0) is 6.07 Å². The number of benzene rings is 1. The average Bonchev–Trinajstić information content (AvgIpc) is 2.35.